The maximum absolute atomic E-state index is 14.5. The molecule has 0 fully saturated rings. The van der Waals surface area contributed by atoms with Crippen molar-refractivity contribution in [2.75, 3.05) is 20.2 Å². The molecule has 13 heteroatoms. The summed E-state index contributed by atoms with van der Waals surface area (Å²) in [5.41, 5.74) is 1.51. The van der Waals surface area contributed by atoms with Crippen molar-refractivity contribution in [3.05, 3.63) is 125 Å². The number of carbonyl (C=O) groups is 1. The Morgan fingerprint density at radius 3 is 2.55 bits per heavy atom. The van der Waals surface area contributed by atoms with Crippen LogP contribution in [-0.2, 0) is 4.79 Å². The van der Waals surface area contributed by atoms with Gasteiger partial charge in [0.1, 0.15) is 11.8 Å². The quantitative estimate of drug-likeness (QED) is 0.120. The Morgan fingerprint density at radius 2 is 1.85 bits per heavy atom. The molecule has 5 aromatic rings. The molecule has 1 amide bonds. The average Bonchev–Trinajstić information content (AvgIpc) is 3.38. The maximum Gasteiger partial charge on any atom is 0.271 e. The van der Waals surface area contributed by atoms with Crippen molar-refractivity contribution in [1.29, 1.82) is 0 Å². The van der Waals surface area contributed by atoms with Gasteiger partial charge in [0.05, 0.1) is 27.8 Å². The summed E-state index contributed by atoms with van der Waals surface area (Å²) in [6.07, 6.45) is 4.85. The van der Waals surface area contributed by atoms with Crippen molar-refractivity contribution < 1.29 is 14.5 Å². The number of nitrogens with zero attached hydrogens (tertiary/aromatic N) is 6. The predicted molar refractivity (Wildman–Crippen MR) is 181 cm³/mol. The molecule has 0 N–H and O–H groups in total. The molecular formula is C34H30N6O5S2. The lowest BCUT2D eigenvalue weighted by Crippen LogP contribution is -2.43. The standard InChI is InChI=1S/C34H30N6O5S2/c1-5-38(6-2)32(42)28-20(3)37-34-39(30(28)29-24-11-8-7-10-21(24)12-14-25(29)45-4)31(41)27(47-34)19-22-18-23(40(43)44)13-15-26(22)46-33-35-16-9-17-36-33/h7-19,30H,5-6H2,1-4H3/b27-19-/t30-/m1/s1. The Bertz CT molecular complexity index is 2240. The molecule has 0 aliphatic carbocycles. The number of nitro benzene ring substituents is 1. The Kier molecular flexibility index (Phi) is 9.01. The number of methoxy groups -OCH3 is 1. The van der Waals surface area contributed by atoms with Crippen LogP contribution in [0.2, 0.25) is 0 Å². The van der Waals surface area contributed by atoms with Gasteiger partial charge in [-0.1, -0.05) is 41.7 Å². The number of hydrogen-bond donors (Lipinski definition) is 0. The zero-order valence-electron chi connectivity index (χ0n) is 26.0. The van der Waals surface area contributed by atoms with Crippen molar-refractivity contribution in [1.82, 2.24) is 19.4 Å². The molecular weight excluding hydrogens is 637 g/mol. The predicted octanol–water partition coefficient (Wildman–Crippen LogP) is 5.11. The summed E-state index contributed by atoms with van der Waals surface area (Å²) in [7, 11) is 1.57. The third-order valence-corrected chi connectivity index (χ3v) is 9.93. The van der Waals surface area contributed by atoms with Crippen molar-refractivity contribution >= 4 is 51.5 Å². The van der Waals surface area contributed by atoms with Gasteiger partial charge < -0.3 is 9.64 Å². The molecule has 3 aromatic carbocycles. The number of fused-ring (bicyclic) bond motifs is 2. The highest BCUT2D eigenvalue weighted by Crippen LogP contribution is 2.40. The van der Waals surface area contributed by atoms with Gasteiger partial charge in [0.2, 0.25) is 0 Å². The Hall–Kier alpha value is -5.14. The lowest BCUT2D eigenvalue weighted by Gasteiger charge is -2.30. The first kappa shape index (κ1) is 31.8. The van der Waals surface area contributed by atoms with Crippen molar-refractivity contribution in [2.24, 2.45) is 4.99 Å². The number of amides is 1. The summed E-state index contributed by atoms with van der Waals surface area (Å²) in [5, 5.41) is 14.0. The second kappa shape index (κ2) is 13.3. The minimum atomic E-state index is -0.848. The van der Waals surface area contributed by atoms with Gasteiger partial charge in [0.25, 0.3) is 17.2 Å². The fourth-order valence-electron chi connectivity index (χ4n) is 5.72. The molecule has 0 bridgehead atoms. The van der Waals surface area contributed by atoms with E-state index in [0.29, 0.717) is 60.6 Å². The number of ether oxygens (including phenoxy) is 1. The summed E-state index contributed by atoms with van der Waals surface area (Å²) in [6, 6.07) is 16.9. The summed E-state index contributed by atoms with van der Waals surface area (Å²) >= 11 is 2.39. The van der Waals surface area contributed by atoms with E-state index in [1.165, 1.54) is 23.9 Å². The lowest BCUT2D eigenvalue weighted by molar-refractivity contribution is -0.384. The second-order valence-corrected chi connectivity index (χ2v) is 12.6. The number of aromatic nitrogens is 3. The fourth-order valence-corrected chi connectivity index (χ4v) is 7.55. The van der Waals surface area contributed by atoms with Crippen LogP contribution in [0.4, 0.5) is 5.69 Å². The molecule has 1 atom stereocenters. The highest BCUT2D eigenvalue weighted by molar-refractivity contribution is 7.99. The number of rotatable bonds is 9. The Balaban J connectivity index is 1.63. The van der Waals surface area contributed by atoms with E-state index in [-0.39, 0.29) is 17.2 Å². The molecule has 0 unspecified atom stereocenters. The molecule has 0 saturated carbocycles. The summed E-state index contributed by atoms with van der Waals surface area (Å²) in [6.45, 7) is 6.57. The number of allylic oxidation sites excluding steroid dienone is 1. The van der Waals surface area contributed by atoms with Gasteiger partial charge in [-0.2, -0.15) is 0 Å². The van der Waals surface area contributed by atoms with E-state index in [1.807, 2.05) is 50.2 Å². The van der Waals surface area contributed by atoms with Crippen LogP contribution in [0.25, 0.3) is 16.8 Å². The number of benzene rings is 3. The molecule has 0 saturated heterocycles. The normalized spacial score (nSPS) is 14.6. The van der Waals surface area contributed by atoms with Crippen LogP contribution in [0.1, 0.15) is 37.9 Å². The summed E-state index contributed by atoms with van der Waals surface area (Å²) < 4.78 is 7.72. The first-order chi connectivity index (χ1) is 22.7. The first-order valence-corrected chi connectivity index (χ1v) is 16.5. The number of likely N-dealkylation sites (N-methyl/N-ethyl adjacent to an activating group) is 1. The first-order valence-electron chi connectivity index (χ1n) is 14.9. The van der Waals surface area contributed by atoms with E-state index in [4.69, 9.17) is 9.73 Å². The minimum Gasteiger partial charge on any atom is -0.496 e. The minimum absolute atomic E-state index is 0.122. The number of hydrogen-bond acceptors (Lipinski definition) is 10. The van der Waals surface area contributed by atoms with Crippen LogP contribution in [0.3, 0.4) is 0 Å². The molecule has 2 aromatic heterocycles. The zero-order valence-corrected chi connectivity index (χ0v) is 27.7. The van der Waals surface area contributed by atoms with Gasteiger partial charge in [-0.15, -0.1) is 0 Å². The molecule has 6 rings (SSSR count). The van der Waals surface area contributed by atoms with Crippen molar-refractivity contribution in [2.45, 2.75) is 36.9 Å². The molecule has 1 aliphatic rings. The Morgan fingerprint density at radius 1 is 1.11 bits per heavy atom. The van der Waals surface area contributed by atoms with Gasteiger partial charge >= 0.3 is 0 Å². The van der Waals surface area contributed by atoms with E-state index in [1.54, 1.807) is 54.1 Å². The highest BCUT2D eigenvalue weighted by atomic mass is 32.2. The van der Waals surface area contributed by atoms with E-state index >= 15 is 0 Å². The van der Waals surface area contributed by atoms with Gasteiger partial charge in [0.15, 0.2) is 9.96 Å². The van der Waals surface area contributed by atoms with E-state index in [2.05, 4.69) is 9.97 Å². The van der Waals surface area contributed by atoms with Crippen LogP contribution in [0.5, 0.6) is 5.75 Å². The number of carbonyl (C=O) groups excluding carboxylic acids is 1. The van der Waals surface area contributed by atoms with E-state index < -0.39 is 11.0 Å². The van der Waals surface area contributed by atoms with Gasteiger partial charge in [-0.05, 0) is 73.1 Å². The third kappa shape index (κ3) is 5.95. The molecule has 3 heterocycles. The smallest absolute Gasteiger partial charge is 0.271 e. The molecule has 1 aliphatic heterocycles. The van der Waals surface area contributed by atoms with Crippen molar-refractivity contribution in [3.8, 4) is 5.75 Å². The van der Waals surface area contributed by atoms with E-state index in [9.17, 15) is 19.7 Å². The fraction of sp³-hybridized carbons (Fsp3) is 0.206. The number of non-ortho nitro benzene ring substituents is 1. The van der Waals surface area contributed by atoms with Gasteiger partial charge in [-0.25, -0.2) is 15.0 Å². The third-order valence-electron chi connectivity index (χ3n) is 7.96. The molecule has 238 valence electrons. The Labute approximate surface area is 277 Å². The van der Waals surface area contributed by atoms with Crippen LogP contribution in [0, 0.1) is 10.1 Å². The average molecular weight is 667 g/mol. The van der Waals surface area contributed by atoms with Crippen LogP contribution >= 0.6 is 23.1 Å². The number of thiazole rings is 1. The SMILES string of the molecule is CCN(CC)C(=O)C1=C(C)N=c2s/c(=C\c3cc([N+](=O)[O-])ccc3Sc3ncccn3)c(=O)n2[C@H]1c1c(OC)ccc2ccccc12. The highest BCUT2D eigenvalue weighted by Gasteiger charge is 2.36. The summed E-state index contributed by atoms with van der Waals surface area (Å²) in [4.78, 5) is 56.1. The van der Waals surface area contributed by atoms with Crippen LogP contribution in [-0.4, -0.2) is 50.5 Å². The largest absolute Gasteiger partial charge is 0.496 e. The number of nitro groups is 1. The van der Waals surface area contributed by atoms with E-state index in [0.717, 1.165) is 22.1 Å². The molecule has 47 heavy (non-hydrogen) atoms. The zero-order chi connectivity index (χ0) is 33.2. The maximum atomic E-state index is 14.5. The van der Waals surface area contributed by atoms with Gasteiger partial charge in [-0.3, -0.25) is 24.3 Å². The van der Waals surface area contributed by atoms with Crippen LogP contribution < -0.4 is 19.6 Å². The van der Waals surface area contributed by atoms with Gasteiger partial charge in [0, 0.05) is 48.1 Å². The monoisotopic (exact) mass is 666 g/mol. The summed E-state index contributed by atoms with van der Waals surface area (Å²) in [5.74, 6) is 0.314. The lowest BCUT2D eigenvalue weighted by atomic mass is 9.90. The molecule has 0 radical (unpaired) electrons. The molecule has 0 spiro atoms. The topological polar surface area (TPSA) is 133 Å². The molecule has 11 nitrogen and oxygen atoms in total. The second-order valence-electron chi connectivity index (χ2n) is 10.6. The van der Waals surface area contributed by atoms with Crippen molar-refractivity contribution in [3.63, 3.8) is 0 Å². The van der Waals surface area contributed by atoms with Crippen LogP contribution in [0.15, 0.2) is 104 Å².